The summed E-state index contributed by atoms with van der Waals surface area (Å²) in [5.41, 5.74) is 0. The Kier molecular flexibility index (Phi) is 37.3. The minimum absolute atomic E-state index is 0.0467. The number of hydrogen-bond donors (Lipinski definition) is 3. The van der Waals surface area contributed by atoms with Gasteiger partial charge in [0.05, 0.1) is 43.5 Å². The van der Waals surface area contributed by atoms with Gasteiger partial charge < -0.3 is 54.6 Å². The van der Waals surface area contributed by atoms with Gasteiger partial charge in [0.15, 0.2) is 23.1 Å². The number of ketones is 4. The normalized spacial score (nSPS) is 27.5. The molecular formula is C72H125N9O14. The number of morpholine rings is 1. The van der Waals surface area contributed by atoms with E-state index < -0.39 is 167 Å². The molecule has 3 N–H and O–H groups in total. The second-order valence-electron chi connectivity index (χ2n) is 29.6. The van der Waals surface area contributed by atoms with E-state index >= 15 is 19.2 Å². The highest BCUT2D eigenvalue weighted by molar-refractivity contribution is 6.00. The van der Waals surface area contributed by atoms with Gasteiger partial charge in [0, 0.05) is 111 Å². The van der Waals surface area contributed by atoms with Crippen LogP contribution in [-0.4, -0.2) is 235 Å². The standard InChI is InChI=1S/C72H125N9O14/c1-23-55-58(82)40-50(14)68(89)79(21)63(52(16)95-33-27-26-30-81-31-34-94-35-32-81)61(85)42-54(46(8)9)71(92)77(19)56(37-44(4)5)59(83)39-49(13)66(87)74-51(15)69(90)76(18)57(38-45(6)7)60(84)41-53(36-43(2)3)70(91)78(20)62(47(10)11)72(93)80(22)64(67(88)75-55)65(86)48(12)28-24-25-29-73-17/h43-57,62-65,86H,23-42H2,1-16,18-22H3,(H,74,87)(H,75,88)/t48-,49-,50+,51-,52-,53-,54+,55+,56+,57+,62+,63+,64+,65-/m1/s1. The van der Waals surface area contributed by atoms with Gasteiger partial charge >= 0.3 is 0 Å². The van der Waals surface area contributed by atoms with Gasteiger partial charge in [-0.15, -0.1) is 0 Å². The molecule has 0 bridgehead atoms. The predicted molar refractivity (Wildman–Crippen MR) is 367 cm³/mol. The highest BCUT2D eigenvalue weighted by Gasteiger charge is 2.45. The number of rotatable bonds is 22. The fourth-order valence-electron chi connectivity index (χ4n) is 13.4. The molecule has 0 spiro atoms. The van der Waals surface area contributed by atoms with E-state index in [0.29, 0.717) is 38.9 Å². The molecule has 0 aromatic heterocycles. The summed E-state index contributed by atoms with van der Waals surface area (Å²) in [5, 5.41) is 17.8. The third-order valence-corrected chi connectivity index (χ3v) is 19.2. The number of likely N-dealkylation sites (N-methyl/N-ethyl adjacent to an activating group) is 5. The first kappa shape index (κ1) is 85.4. The summed E-state index contributed by atoms with van der Waals surface area (Å²) in [7, 11) is 7.28. The van der Waals surface area contributed by atoms with E-state index in [9.17, 15) is 38.7 Å². The van der Waals surface area contributed by atoms with Crippen molar-refractivity contribution in [2.24, 2.45) is 59.2 Å². The second kappa shape index (κ2) is 41.5. The molecule has 0 aromatic carbocycles. The minimum atomic E-state index is -1.61. The van der Waals surface area contributed by atoms with Crippen molar-refractivity contribution in [3.63, 3.8) is 0 Å². The van der Waals surface area contributed by atoms with Gasteiger partial charge in [-0.2, -0.15) is 0 Å². The quantitative estimate of drug-likeness (QED) is 0.0732. The number of carbonyl (C=O) groups excluding carboxylic acids is 11. The van der Waals surface area contributed by atoms with Crippen molar-refractivity contribution in [1.82, 2.24) is 40.0 Å². The number of hydrogen-bond acceptors (Lipinski definition) is 15. The van der Waals surface area contributed by atoms with E-state index in [-0.39, 0.29) is 75.9 Å². The summed E-state index contributed by atoms with van der Waals surface area (Å²) in [4.78, 5) is 175. The Morgan fingerprint density at radius 2 is 1.07 bits per heavy atom. The molecule has 0 aliphatic carbocycles. The lowest BCUT2D eigenvalue weighted by Gasteiger charge is -2.40. The molecule has 23 heteroatoms. The van der Waals surface area contributed by atoms with Crippen molar-refractivity contribution in [2.45, 2.75) is 249 Å². The predicted octanol–water partition coefficient (Wildman–Crippen LogP) is 6.93. The number of aliphatic hydroxyl groups is 1. The van der Waals surface area contributed by atoms with Crippen LogP contribution < -0.4 is 10.6 Å². The van der Waals surface area contributed by atoms with Crippen LogP contribution >= 0.6 is 0 Å². The first-order valence-corrected chi connectivity index (χ1v) is 35.3. The highest BCUT2D eigenvalue weighted by atomic mass is 16.5. The largest absolute Gasteiger partial charge is 0.390 e. The molecule has 2 heterocycles. The number of amides is 7. The summed E-state index contributed by atoms with van der Waals surface area (Å²) in [5.74, 6) is -12.1. The maximum absolute atomic E-state index is 15.2. The SMILES string of the molecule is [C-]#[N+]CCCC[C@@H](C)[C@@H](O)[C@H]1C(=O)N[C@@H](CC)C(=O)C[C@H](C)C(=O)N(C)[C@@H]([C@@H](C)OCCCCN2CCOCC2)C(=O)C[C@@H](C(C)C)C(=O)N(C)[C@@H](CC(C)C)C(=O)C[C@@H](C)C(=O)N[C@H](C)C(=O)N(C)[C@@H](CC(C)C)C(=O)C[C@@H](CC(C)C)C(=O)N(C)[C@@H](C(C)C)C(=O)N1C. The Morgan fingerprint density at radius 3 is 1.60 bits per heavy atom. The maximum Gasteiger partial charge on any atom is 0.246 e. The van der Waals surface area contributed by atoms with Crippen molar-refractivity contribution >= 4 is 64.5 Å². The highest BCUT2D eigenvalue weighted by Crippen LogP contribution is 2.30. The molecule has 95 heavy (non-hydrogen) atoms. The molecule has 2 fully saturated rings. The van der Waals surface area contributed by atoms with Gasteiger partial charge in [-0.25, -0.2) is 6.57 Å². The van der Waals surface area contributed by atoms with Crippen LogP contribution in [0.3, 0.4) is 0 Å². The van der Waals surface area contributed by atoms with Crippen LogP contribution in [0.5, 0.6) is 0 Å². The number of Topliss-reactive ketones (excluding diaryl/α,β-unsaturated/α-hetero) is 4. The Labute approximate surface area is 570 Å². The summed E-state index contributed by atoms with van der Waals surface area (Å²) >= 11 is 0. The average Bonchev–Trinajstić information content (AvgIpc) is 0.819. The van der Waals surface area contributed by atoms with Crippen LogP contribution in [0.25, 0.3) is 4.85 Å². The summed E-state index contributed by atoms with van der Waals surface area (Å²) in [6.07, 6.45) is -0.147. The van der Waals surface area contributed by atoms with Crippen molar-refractivity contribution in [3.05, 3.63) is 11.4 Å². The lowest BCUT2D eigenvalue weighted by molar-refractivity contribution is -0.155. The Balaban J connectivity index is 2.95. The number of nitrogens with zero attached hydrogens (tertiary/aromatic N) is 7. The first-order valence-electron chi connectivity index (χ1n) is 35.3. The van der Waals surface area contributed by atoms with E-state index in [0.717, 1.165) is 31.0 Å². The van der Waals surface area contributed by atoms with Crippen molar-refractivity contribution in [2.75, 3.05) is 81.2 Å². The third kappa shape index (κ3) is 26.2. The molecule has 2 saturated heterocycles. The molecule has 2 aliphatic heterocycles. The average molecular weight is 1340 g/mol. The number of nitrogens with one attached hydrogen (secondary N) is 2. The number of ether oxygens (including phenoxy) is 2. The zero-order valence-electron chi connectivity index (χ0n) is 62.0. The van der Waals surface area contributed by atoms with Crippen LogP contribution in [0.4, 0.5) is 0 Å². The van der Waals surface area contributed by atoms with E-state index in [1.165, 1.54) is 61.8 Å². The topological polar surface area (TPSA) is 274 Å². The molecule has 7 amide bonds. The molecule has 0 saturated carbocycles. The Hall–Kier alpha value is -5.70. The Bertz CT molecular complexity index is 2570. The molecule has 0 aromatic rings. The number of carbonyl (C=O) groups is 11. The first-order chi connectivity index (χ1) is 44.4. The van der Waals surface area contributed by atoms with E-state index in [1.54, 1.807) is 62.3 Å². The van der Waals surface area contributed by atoms with Crippen LogP contribution in [-0.2, 0) is 62.2 Å². The number of unbranched alkanes of at least 4 members (excludes halogenated alkanes) is 2. The van der Waals surface area contributed by atoms with Crippen molar-refractivity contribution < 1.29 is 67.3 Å². The molecule has 23 nitrogen and oxygen atoms in total. The van der Waals surface area contributed by atoms with Crippen LogP contribution in [0.15, 0.2) is 0 Å². The van der Waals surface area contributed by atoms with Gasteiger partial charge in [0.1, 0.15) is 24.2 Å². The molecular weight excluding hydrogens is 1210 g/mol. The summed E-state index contributed by atoms with van der Waals surface area (Å²) in [6.45, 7) is 39.7. The van der Waals surface area contributed by atoms with Crippen LogP contribution in [0, 0.1) is 65.8 Å². The van der Waals surface area contributed by atoms with Gasteiger partial charge in [0.25, 0.3) is 0 Å². The van der Waals surface area contributed by atoms with Gasteiger partial charge in [-0.1, -0.05) is 96.9 Å². The van der Waals surface area contributed by atoms with E-state index in [1.807, 2.05) is 41.5 Å². The van der Waals surface area contributed by atoms with Gasteiger partial charge in [0.2, 0.25) is 47.9 Å². The second-order valence-corrected chi connectivity index (χ2v) is 29.6. The monoisotopic (exact) mass is 1340 g/mol. The van der Waals surface area contributed by atoms with Crippen LogP contribution in [0.2, 0.25) is 0 Å². The fraction of sp³-hybridized carbons (Fsp3) is 0.833. The zero-order valence-corrected chi connectivity index (χ0v) is 62.0. The lowest BCUT2D eigenvalue weighted by atomic mass is 9.85. The molecule has 0 radical (unpaired) electrons. The maximum atomic E-state index is 15.2. The third-order valence-electron chi connectivity index (χ3n) is 19.2. The zero-order chi connectivity index (χ0) is 72.5. The smallest absolute Gasteiger partial charge is 0.246 e. The van der Waals surface area contributed by atoms with Gasteiger partial charge in [-0.3, -0.25) is 57.6 Å². The molecule has 2 aliphatic rings. The molecule has 14 atom stereocenters. The van der Waals surface area contributed by atoms with E-state index in [2.05, 4.69) is 20.4 Å². The van der Waals surface area contributed by atoms with Gasteiger partial charge in [-0.05, 0) is 107 Å². The molecule has 2 rings (SSSR count). The number of aliphatic hydroxyl groups excluding tert-OH is 1. The summed E-state index contributed by atoms with van der Waals surface area (Å²) < 4.78 is 11.9. The fourth-order valence-corrected chi connectivity index (χ4v) is 13.4. The molecule has 542 valence electrons. The summed E-state index contributed by atoms with van der Waals surface area (Å²) in [6, 6.07) is -8.52. The van der Waals surface area contributed by atoms with Crippen molar-refractivity contribution in [3.8, 4) is 0 Å². The van der Waals surface area contributed by atoms with E-state index in [4.69, 9.17) is 16.0 Å². The van der Waals surface area contributed by atoms with Crippen LogP contribution in [0.1, 0.15) is 194 Å². The van der Waals surface area contributed by atoms with Crippen molar-refractivity contribution in [1.29, 1.82) is 0 Å². The Morgan fingerprint density at radius 1 is 0.547 bits per heavy atom. The molecule has 0 unspecified atom stereocenters. The lowest BCUT2D eigenvalue weighted by Crippen LogP contribution is -2.62. The minimum Gasteiger partial charge on any atom is -0.390 e.